The molecule has 6 heteroatoms. The Bertz CT molecular complexity index is 619. The number of esters is 1. The van der Waals surface area contributed by atoms with Crippen molar-refractivity contribution < 1.29 is 22.7 Å². The summed E-state index contributed by atoms with van der Waals surface area (Å²) in [5.74, 6) is -4.43. The molecule has 2 aromatic rings. The second-order valence-corrected chi connectivity index (χ2v) is 3.52. The summed E-state index contributed by atoms with van der Waals surface area (Å²) in [4.78, 5) is 13.9. The van der Waals surface area contributed by atoms with E-state index in [2.05, 4.69) is 9.72 Å². The molecule has 0 atom stereocenters. The number of aryl methyl sites for hydroxylation is 1. The van der Waals surface area contributed by atoms with Crippen LogP contribution in [0.4, 0.5) is 13.2 Å². The number of aromatic nitrogens is 1. The van der Waals surface area contributed by atoms with Gasteiger partial charge >= 0.3 is 5.97 Å². The summed E-state index contributed by atoms with van der Waals surface area (Å²) in [6, 6.07) is 0.425. The van der Waals surface area contributed by atoms with E-state index in [0.717, 1.165) is 7.11 Å². The number of ether oxygens (including phenoxy) is 1. The van der Waals surface area contributed by atoms with Crippen molar-refractivity contribution in [1.29, 1.82) is 0 Å². The molecular weight excluding hydrogens is 235 g/mol. The van der Waals surface area contributed by atoms with Crippen molar-refractivity contribution in [2.24, 2.45) is 0 Å². The third-order valence-electron chi connectivity index (χ3n) is 2.50. The van der Waals surface area contributed by atoms with Gasteiger partial charge in [0.05, 0.1) is 23.6 Å². The van der Waals surface area contributed by atoms with Gasteiger partial charge in [0, 0.05) is 11.8 Å². The quantitative estimate of drug-likeness (QED) is 0.618. The molecule has 0 radical (unpaired) electrons. The lowest BCUT2D eigenvalue weighted by Crippen LogP contribution is -2.03. The Morgan fingerprint density at radius 3 is 2.53 bits per heavy atom. The Morgan fingerprint density at radius 1 is 1.29 bits per heavy atom. The Hall–Kier alpha value is -1.98. The first kappa shape index (κ1) is 11.5. The number of benzene rings is 1. The number of H-pyrrole nitrogens is 1. The number of aromatic amines is 1. The zero-order valence-corrected chi connectivity index (χ0v) is 9.03. The van der Waals surface area contributed by atoms with Gasteiger partial charge in [0.15, 0.2) is 11.6 Å². The zero-order valence-electron chi connectivity index (χ0n) is 9.03. The summed E-state index contributed by atoms with van der Waals surface area (Å²) >= 11 is 0. The number of rotatable bonds is 1. The molecule has 0 amide bonds. The number of methoxy groups -OCH3 is 1. The molecule has 2 rings (SSSR count). The summed E-state index contributed by atoms with van der Waals surface area (Å²) in [5.41, 5.74) is -0.226. The van der Waals surface area contributed by atoms with Gasteiger partial charge in [-0.1, -0.05) is 0 Å². The molecule has 0 saturated carbocycles. The fourth-order valence-electron chi connectivity index (χ4n) is 1.75. The monoisotopic (exact) mass is 243 g/mol. The summed E-state index contributed by atoms with van der Waals surface area (Å²) in [6.07, 6.45) is 0. The minimum Gasteiger partial charge on any atom is -0.465 e. The predicted octanol–water partition coefficient (Wildman–Crippen LogP) is 2.68. The first-order chi connectivity index (χ1) is 7.97. The molecule has 0 bridgehead atoms. The summed E-state index contributed by atoms with van der Waals surface area (Å²) < 4.78 is 44.5. The molecule has 90 valence electrons. The van der Waals surface area contributed by atoms with Gasteiger partial charge < -0.3 is 9.72 Å². The topological polar surface area (TPSA) is 42.1 Å². The highest BCUT2D eigenvalue weighted by Gasteiger charge is 2.24. The van der Waals surface area contributed by atoms with E-state index >= 15 is 0 Å². The van der Waals surface area contributed by atoms with Crippen molar-refractivity contribution in [3.8, 4) is 0 Å². The largest absolute Gasteiger partial charge is 0.465 e. The zero-order chi connectivity index (χ0) is 12.7. The number of hydrogen-bond donors (Lipinski definition) is 1. The van der Waals surface area contributed by atoms with Gasteiger partial charge in [-0.3, -0.25) is 0 Å². The second-order valence-electron chi connectivity index (χ2n) is 3.52. The molecule has 0 aliphatic heterocycles. The third-order valence-corrected chi connectivity index (χ3v) is 2.50. The maximum Gasteiger partial charge on any atom is 0.340 e. The van der Waals surface area contributed by atoms with Crippen molar-refractivity contribution in [3.05, 3.63) is 34.8 Å². The molecule has 1 aromatic heterocycles. The van der Waals surface area contributed by atoms with Crippen LogP contribution in [0.1, 0.15) is 16.1 Å². The van der Waals surface area contributed by atoms with E-state index in [1.54, 1.807) is 0 Å². The Labute approximate surface area is 94.2 Å². The lowest BCUT2D eigenvalue weighted by Gasteiger charge is -2.01. The highest BCUT2D eigenvalue weighted by atomic mass is 19.2. The highest BCUT2D eigenvalue weighted by Crippen LogP contribution is 2.29. The maximum absolute atomic E-state index is 13.6. The van der Waals surface area contributed by atoms with Crippen LogP contribution in [0, 0.1) is 24.4 Å². The van der Waals surface area contributed by atoms with Crippen molar-refractivity contribution in [2.45, 2.75) is 6.92 Å². The van der Waals surface area contributed by atoms with Crippen LogP contribution in [0.25, 0.3) is 10.9 Å². The summed E-state index contributed by atoms with van der Waals surface area (Å²) in [5, 5.41) is -0.424. The number of carbonyl (C=O) groups is 1. The molecule has 0 aliphatic carbocycles. The lowest BCUT2D eigenvalue weighted by molar-refractivity contribution is 0.0602. The van der Waals surface area contributed by atoms with E-state index in [1.165, 1.54) is 6.92 Å². The third kappa shape index (κ3) is 1.56. The van der Waals surface area contributed by atoms with Crippen LogP contribution in [0.2, 0.25) is 0 Å². The van der Waals surface area contributed by atoms with E-state index in [-0.39, 0.29) is 16.8 Å². The van der Waals surface area contributed by atoms with E-state index < -0.39 is 28.8 Å². The van der Waals surface area contributed by atoms with E-state index in [0.29, 0.717) is 6.07 Å². The average Bonchev–Trinajstić information content (AvgIpc) is 2.63. The molecule has 0 unspecified atom stereocenters. The fourth-order valence-corrected chi connectivity index (χ4v) is 1.75. The van der Waals surface area contributed by atoms with Gasteiger partial charge in [0.2, 0.25) is 0 Å². The van der Waals surface area contributed by atoms with Gasteiger partial charge in [-0.15, -0.1) is 0 Å². The van der Waals surface area contributed by atoms with Crippen LogP contribution in [-0.2, 0) is 4.74 Å². The number of carbonyl (C=O) groups excluding carboxylic acids is 1. The van der Waals surface area contributed by atoms with Gasteiger partial charge in [-0.2, -0.15) is 0 Å². The molecular formula is C11H8F3NO2. The van der Waals surface area contributed by atoms with Gasteiger partial charge in [0.25, 0.3) is 0 Å². The number of nitrogens with one attached hydrogen (secondary N) is 1. The minimum atomic E-state index is -1.35. The van der Waals surface area contributed by atoms with Crippen molar-refractivity contribution in [2.75, 3.05) is 7.11 Å². The molecule has 1 aromatic carbocycles. The van der Waals surface area contributed by atoms with Gasteiger partial charge in [-0.05, 0) is 6.92 Å². The van der Waals surface area contributed by atoms with Crippen molar-refractivity contribution in [3.63, 3.8) is 0 Å². The van der Waals surface area contributed by atoms with Crippen LogP contribution in [0.15, 0.2) is 6.07 Å². The van der Waals surface area contributed by atoms with E-state index in [4.69, 9.17) is 0 Å². The standard InChI is InChI=1S/C11H8F3NO2/c1-4-7(11(16)17-2)8-9(14)5(12)3-6(13)10(8)15-4/h3,15H,1-2H3. The fraction of sp³-hybridized carbons (Fsp3) is 0.182. The molecule has 1 N–H and O–H groups in total. The van der Waals surface area contributed by atoms with E-state index in [9.17, 15) is 18.0 Å². The number of halogens is 3. The van der Waals surface area contributed by atoms with Crippen LogP contribution in [-0.4, -0.2) is 18.1 Å². The summed E-state index contributed by atoms with van der Waals surface area (Å²) in [7, 11) is 1.11. The molecule has 17 heavy (non-hydrogen) atoms. The van der Waals surface area contributed by atoms with Crippen LogP contribution in [0.5, 0.6) is 0 Å². The van der Waals surface area contributed by atoms with Crippen LogP contribution < -0.4 is 0 Å². The lowest BCUT2D eigenvalue weighted by atomic mass is 10.1. The second kappa shape index (κ2) is 3.80. The first-order valence-electron chi connectivity index (χ1n) is 4.71. The maximum atomic E-state index is 13.6. The Kier molecular flexibility index (Phi) is 2.57. The van der Waals surface area contributed by atoms with Crippen LogP contribution in [0.3, 0.4) is 0 Å². The van der Waals surface area contributed by atoms with Gasteiger partial charge in [-0.25, -0.2) is 18.0 Å². The highest BCUT2D eigenvalue weighted by molar-refractivity contribution is 6.05. The molecule has 3 nitrogen and oxygen atoms in total. The Morgan fingerprint density at radius 2 is 1.94 bits per heavy atom. The number of hydrogen-bond acceptors (Lipinski definition) is 2. The minimum absolute atomic E-state index is 0.196. The average molecular weight is 243 g/mol. The Balaban J connectivity index is 2.94. The normalized spacial score (nSPS) is 10.9. The SMILES string of the molecule is COC(=O)c1c(C)[nH]c2c(F)cc(F)c(F)c12. The van der Waals surface area contributed by atoms with Crippen molar-refractivity contribution >= 4 is 16.9 Å². The van der Waals surface area contributed by atoms with Gasteiger partial charge in [0.1, 0.15) is 5.82 Å². The molecule has 0 saturated heterocycles. The van der Waals surface area contributed by atoms with Crippen LogP contribution >= 0.6 is 0 Å². The molecule has 1 heterocycles. The molecule has 0 fully saturated rings. The first-order valence-corrected chi connectivity index (χ1v) is 4.71. The van der Waals surface area contributed by atoms with Crippen molar-refractivity contribution in [1.82, 2.24) is 4.98 Å². The molecule has 0 spiro atoms. The molecule has 0 aliphatic rings. The number of fused-ring (bicyclic) bond motifs is 1. The summed E-state index contributed by atoms with van der Waals surface area (Å²) in [6.45, 7) is 1.45. The predicted molar refractivity (Wildman–Crippen MR) is 54.2 cm³/mol. The smallest absolute Gasteiger partial charge is 0.340 e. The van der Waals surface area contributed by atoms with E-state index in [1.807, 2.05) is 0 Å².